The molecule has 2 aromatic rings. The summed E-state index contributed by atoms with van der Waals surface area (Å²) in [5, 5.41) is 2.89. The van der Waals surface area contributed by atoms with Gasteiger partial charge in [0, 0.05) is 25.9 Å². The van der Waals surface area contributed by atoms with Crippen molar-refractivity contribution in [1.82, 2.24) is 20.2 Å². The van der Waals surface area contributed by atoms with Crippen LogP contribution in [-0.4, -0.2) is 39.8 Å². The van der Waals surface area contributed by atoms with Gasteiger partial charge >= 0.3 is 0 Å². The Labute approximate surface area is 148 Å². The minimum Gasteiger partial charge on any atom is -0.349 e. The Morgan fingerprint density at radius 3 is 2.88 bits per heavy atom. The molecule has 0 radical (unpaired) electrons. The number of likely N-dealkylation sites (tertiary alicyclic amines) is 1. The number of H-pyrrole nitrogens is 1. The third-order valence-electron chi connectivity index (χ3n) is 4.88. The number of amides is 2. The molecule has 0 saturated carbocycles. The monoisotopic (exact) mass is 342 g/mol. The SMILES string of the molecule is Cc1cc2nc(CNC(=O)CCN3CCCCCC3=O)[nH]c2cc1C. The van der Waals surface area contributed by atoms with E-state index in [9.17, 15) is 9.59 Å². The Balaban J connectivity index is 1.51. The van der Waals surface area contributed by atoms with E-state index in [-0.39, 0.29) is 11.8 Å². The second-order valence-electron chi connectivity index (χ2n) is 6.86. The van der Waals surface area contributed by atoms with E-state index >= 15 is 0 Å². The quantitative estimate of drug-likeness (QED) is 0.877. The van der Waals surface area contributed by atoms with Crippen molar-refractivity contribution in [2.75, 3.05) is 13.1 Å². The summed E-state index contributed by atoms with van der Waals surface area (Å²) in [7, 11) is 0. The first-order chi connectivity index (χ1) is 12.0. The molecule has 1 saturated heterocycles. The first kappa shape index (κ1) is 17.5. The van der Waals surface area contributed by atoms with E-state index in [1.54, 1.807) is 0 Å². The third-order valence-corrected chi connectivity index (χ3v) is 4.88. The lowest BCUT2D eigenvalue weighted by atomic mass is 10.1. The Hall–Kier alpha value is -2.37. The maximum absolute atomic E-state index is 12.1. The summed E-state index contributed by atoms with van der Waals surface area (Å²) in [6.07, 6.45) is 4.04. The molecule has 6 nitrogen and oxygen atoms in total. The van der Waals surface area contributed by atoms with Crippen LogP contribution in [-0.2, 0) is 16.1 Å². The molecular weight excluding hydrogens is 316 g/mol. The fraction of sp³-hybridized carbons (Fsp3) is 0.526. The lowest BCUT2D eigenvalue weighted by molar-refractivity contribution is -0.131. The van der Waals surface area contributed by atoms with Crippen LogP contribution in [0.15, 0.2) is 12.1 Å². The molecule has 1 aliphatic rings. The van der Waals surface area contributed by atoms with E-state index in [4.69, 9.17) is 0 Å². The fourth-order valence-electron chi connectivity index (χ4n) is 3.19. The van der Waals surface area contributed by atoms with E-state index in [1.165, 1.54) is 11.1 Å². The summed E-state index contributed by atoms with van der Waals surface area (Å²) in [4.78, 5) is 33.6. The van der Waals surface area contributed by atoms with Crippen molar-refractivity contribution in [1.29, 1.82) is 0 Å². The molecule has 0 atom stereocenters. The number of aromatic amines is 1. The number of fused-ring (bicyclic) bond motifs is 1. The summed E-state index contributed by atoms with van der Waals surface area (Å²) in [5.41, 5.74) is 4.33. The van der Waals surface area contributed by atoms with E-state index in [0.29, 0.717) is 25.9 Å². The lowest BCUT2D eigenvalue weighted by Crippen LogP contribution is -2.34. The summed E-state index contributed by atoms with van der Waals surface area (Å²) >= 11 is 0. The molecule has 2 amide bonds. The van der Waals surface area contributed by atoms with Gasteiger partial charge in [0.25, 0.3) is 0 Å². The molecule has 0 aliphatic carbocycles. The van der Waals surface area contributed by atoms with E-state index in [2.05, 4.69) is 41.3 Å². The van der Waals surface area contributed by atoms with Crippen LogP contribution in [0, 0.1) is 13.8 Å². The van der Waals surface area contributed by atoms with Crippen molar-refractivity contribution in [2.45, 2.75) is 52.5 Å². The summed E-state index contributed by atoms with van der Waals surface area (Å²) in [6.45, 7) is 5.79. The van der Waals surface area contributed by atoms with Crippen LogP contribution >= 0.6 is 0 Å². The molecule has 134 valence electrons. The van der Waals surface area contributed by atoms with Crippen LogP contribution in [0.2, 0.25) is 0 Å². The number of hydrogen-bond donors (Lipinski definition) is 2. The Kier molecular flexibility index (Phi) is 5.36. The van der Waals surface area contributed by atoms with Crippen LogP contribution in [0.5, 0.6) is 0 Å². The number of rotatable bonds is 5. The maximum atomic E-state index is 12.1. The van der Waals surface area contributed by atoms with Gasteiger partial charge in [0.1, 0.15) is 5.82 Å². The van der Waals surface area contributed by atoms with Gasteiger partial charge in [-0.2, -0.15) is 0 Å². The van der Waals surface area contributed by atoms with Gasteiger partial charge in [-0.15, -0.1) is 0 Å². The second kappa shape index (κ2) is 7.68. The minimum absolute atomic E-state index is 0.0511. The van der Waals surface area contributed by atoms with E-state index in [0.717, 1.165) is 42.7 Å². The molecule has 1 aromatic carbocycles. The van der Waals surface area contributed by atoms with Crippen molar-refractivity contribution in [3.63, 3.8) is 0 Å². The molecule has 0 unspecified atom stereocenters. The van der Waals surface area contributed by atoms with E-state index in [1.807, 2.05) is 4.90 Å². The predicted octanol–water partition coefficient (Wildman–Crippen LogP) is 2.59. The minimum atomic E-state index is -0.0511. The molecule has 1 fully saturated rings. The van der Waals surface area contributed by atoms with Crippen LogP contribution < -0.4 is 5.32 Å². The highest BCUT2D eigenvalue weighted by atomic mass is 16.2. The van der Waals surface area contributed by atoms with Crippen molar-refractivity contribution in [3.8, 4) is 0 Å². The number of benzene rings is 1. The predicted molar refractivity (Wildman–Crippen MR) is 97.1 cm³/mol. The largest absolute Gasteiger partial charge is 0.349 e. The van der Waals surface area contributed by atoms with Gasteiger partial charge in [0.2, 0.25) is 11.8 Å². The van der Waals surface area contributed by atoms with Crippen LogP contribution in [0.4, 0.5) is 0 Å². The highest BCUT2D eigenvalue weighted by Gasteiger charge is 2.17. The number of nitrogens with zero attached hydrogens (tertiary/aromatic N) is 2. The van der Waals surface area contributed by atoms with Crippen LogP contribution in [0.1, 0.15) is 49.1 Å². The number of carbonyl (C=O) groups excluding carboxylic acids is 2. The zero-order chi connectivity index (χ0) is 17.8. The molecule has 1 aliphatic heterocycles. The van der Waals surface area contributed by atoms with Gasteiger partial charge in [-0.1, -0.05) is 6.42 Å². The number of nitrogens with one attached hydrogen (secondary N) is 2. The zero-order valence-corrected chi connectivity index (χ0v) is 15.0. The van der Waals surface area contributed by atoms with Crippen molar-refractivity contribution in [2.24, 2.45) is 0 Å². The molecule has 6 heteroatoms. The Morgan fingerprint density at radius 2 is 2.04 bits per heavy atom. The summed E-state index contributed by atoms with van der Waals surface area (Å²) in [6, 6.07) is 4.13. The number of aromatic nitrogens is 2. The molecule has 2 N–H and O–H groups in total. The standard InChI is InChI=1S/C19H26N4O2/c1-13-10-15-16(11-14(13)2)22-17(21-15)12-20-18(24)7-9-23-8-5-3-4-6-19(23)25/h10-11H,3-9,12H2,1-2H3,(H,20,24)(H,21,22). The van der Waals surface area contributed by atoms with Gasteiger partial charge in [0.05, 0.1) is 17.6 Å². The van der Waals surface area contributed by atoms with Crippen molar-refractivity contribution >= 4 is 22.8 Å². The molecule has 0 bridgehead atoms. The molecular formula is C19H26N4O2. The molecule has 0 spiro atoms. The molecule has 2 heterocycles. The topological polar surface area (TPSA) is 78.1 Å². The third kappa shape index (κ3) is 4.38. The summed E-state index contributed by atoms with van der Waals surface area (Å²) in [5.74, 6) is 0.873. The average Bonchev–Trinajstić information content (AvgIpc) is 2.84. The fourth-order valence-corrected chi connectivity index (χ4v) is 3.19. The highest BCUT2D eigenvalue weighted by Crippen LogP contribution is 2.17. The van der Waals surface area contributed by atoms with E-state index < -0.39 is 0 Å². The van der Waals surface area contributed by atoms with Crippen molar-refractivity contribution < 1.29 is 9.59 Å². The van der Waals surface area contributed by atoms with Gasteiger partial charge in [-0.25, -0.2) is 4.98 Å². The van der Waals surface area contributed by atoms with Gasteiger partial charge in [0.15, 0.2) is 0 Å². The number of imidazole rings is 1. The van der Waals surface area contributed by atoms with Gasteiger partial charge < -0.3 is 15.2 Å². The summed E-state index contributed by atoms with van der Waals surface area (Å²) < 4.78 is 0. The first-order valence-electron chi connectivity index (χ1n) is 9.03. The smallest absolute Gasteiger partial charge is 0.222 e. The molecule has 25 heavy (non-hydrogen) atoms. The normalized spacial score (nSPS) is 15.4. The van der Waals surface area contributed by atoms with Gasteiger partial charge in [-0.3, -0.25) is 9.59 Å². The number of carbonyl (C=O) groups is 2. The zero-order valence-electron chi connectivity index (χ0n) is 15.0. The lowest BCUT2D eigenvalue weighted by Gasteiger charge is -2.19. The number of aryl methyl sites for hydroxylation is 2. The second-order valence-corrected chi connectivity index (χ2v) is 6.86. The maximum Gasteiger partial charge on any atom is 0.222 e. The highest BCUT2D eigenvalue weighted by molar-refractivity contribution is 5.79. The molecule has 3 rings (SSSR count). The average molecular weight is 342 g/mol. The van der Waals surface area contributed by atoms with Crippen LogP contribution in [0.25, 0.3) is 11.0 Å². The Morgan fingerprint density at radius 1 is 1.24 bits per heavy atom. The Bertz CT molecular complexity index is 742. The first-order valence-corrected chi connectivity index (χ1v) is 9.03. The van der Waals surface area contributed by atoms with Crippen molar-refractivity contribution in [3.05, 3.63) is 29.1 Å². The van der Waals surface area contributed by atoms with Gasteiger partial charge in [-0.05, 0) is 49.9 Å². The molecule has 1 aromatic heterocycles. The number of hydrogen-bond acceptors (Lipinski definition) is 3. The van der Waals surface area contributed by atoms with Crippen LogP contribution in [0.3, 0.4) is 0 Å².